The molecule has 0 radical (unpaired) electrons. The molecule has 0 amide bonds. The van der Waals surface area contributed by atoms with Crippen LogP contribution in [0.1, 0.15) is 36.8 Å². The Morgan fingerprint density at radius 1 is 1.14 bits per heavy atom. The summed E-state index contributed by atoms with van der Waals surface area (Å²) in [4.78, 5) is 43.2. The number of nitrogens with two attached hydrogens (primary N) is 1. The first-order chi connectivity index (χ1) is 17.3. The summed E-state index contributed by atoms with van der Waals surface area (Å²) < 4.78 is 4.40. The number of aromatic nitrogens is 6. The maximum absolute atomic E-state index is 13.8. The summed E-state index contributed by atoms with van der Waals surface area (Å²) in [5, 5.41) is 0.984. The quantitative estimate of drug-likeness (QED) is 0.434. The molecule has 4 aromatic rings. The van der Waals surface area contributed by atoms with Crippen molar-refractivity contribution in [1.82, 2.24) is 28.7 Å². The van der Waals surface area contributed by atoms with Crippen LogP contribution in [0, 0.1) is 25.7 Å². The molecule has 1 aromatic carbocycles. The maximum atomic E-state index is 13.8. The number of piperidine rings is 1. The van der Waals surface area contributed by atoms with Gasteiger partial charge in [0, 0.05) is 37.3 Å². The summed E-state index contributed by atoms with van der Waals surface area (Å²) >= 11 is 0. The van der Waals surface area contributed by atoms with E-state index in [1.165, 1.54) is 9.13 Å². The number of hydrogen-bond donors (Lipinski definition) is 1. The average molecular weight is 487 g/mol. The van der Waals surface area contributed by atoms with Crippen molar-refractivity contribution >= 4 is 28.0 Å². The fourth-order valence-corrected chi connectivity index (χ4v) is 5.08. The SMILES string of the molecule is CC#CCn1c(N2CCC[C@@H](N)C2)nc2c1c(=O)n(Cc1nc(C)c3c(C)cccc3n1)c(=O)n2C. The lowest BCUT2D eigenvalue weighted by atomic mass is 10.1. The van der Waals surface area contributed by atoms with Crippen molar-refractivity contribution in [3.63, 3.8) is 0 Å². The van der Waals surface area contributed by atoms with E-state index in [0.717, 1.165) is 41.5 Å². The molecular formula is C26H30N8O2. The van der Waals surface area contributed by atoms with E-state index < -0.39 is 11.2 Å². The lowest BCUT2D eigenvalue weighted by Crippen LogP contribution is -2.44. The van der Waals surface area contributed by atoms with Gasteiger partial charge in [0.2, 0.25) is 5.95 Å². The number of hydrogen-bond acceptors (Lipinski definition) is 7. The lowest BCUT2D eigenvalue weighted by molar-refractivity contribution is 0.496. The van der Waals surface area contributed by atoms with Crippen molar-refractivity contribution in [3.8, 4) is 11.8 Å². The average Bonchev–Trinajstić information content (AvgIpc) is 3.23. The first-order valence-corrected chi connectivity index (χ1v) is 12.1. The van der Waals surface area contributed by atoms with Crippen LogP contribution in [0.15, 0.2) is 27.8 Å². The largest absolute Gasteiger partial charge is 0.341 e. The molecule has 0 saturated carbocycles. The number of anilines is 1. The Balaban J connectivity index is 1.69. The van der Waals surface area contributed by atoms with Gasteiger partial charge in [-0.3, -0.25) is 18.5 Å². The van der Waals surface area contributed by atoms with E-state index in [1.54, 1.807) is 18.5 Å². The van der Waals surface area contributed by atoms with Crippen LogP contribution in [-0.4, -0.2) is 47.8 Å². The number of fused-ring (bicyclic) bond motifs is 2. The van der Waals surface area contributed by atoms with Gasteiger partial charge in [0.25, 0.3) is 5.56 Å². The van der Waals surface area contributed by atoms with Crippen molar-refractivity contribution in [2.24, 2.45) is 12.8 Å². The molecule has 1 atom stereocenters. The van der Waals surface area contributed by atoms with Crippen LogP contribution in [0.3, 0.4) is 0 Å². The topological polar surface area (TPSA) is 117 Å². The van der Waals surface area contributed by atoms with E-state index in [2.05, 4.69) is 26.7 Å². The summed E-state index contributed by atoms with van der Waals surface area (Å²) in [5.41, 5.74) is 8.67. The number of rotatable bonds is 4. The minimum absolute atomic E-state index is 0.0293. The predicted octanol–water partition coefficient (Wildman–Crippen LogP) is 1.46. The van der Waals surface area contributed by atoms with Crippen LogP contribution in [0.2, 0.25) is 0 Å². The van der Waals surface area contributed by atoms with E-state index >= 15 is 0 Å². The van der Waals surface area contributed by atoms with Gasteiger partial charge in [-0.05, 0) is 45.2 Å². The van der Waals surface area contributed by atoms with Crippen molar-refractivity contribution < 1.29 is 0 Å². The van der Waals surface area contributed by atoms with E-state index in [0.29, 0.717) is 29.5 Å². The van der Waals surface area contributed by atoms with Gasteiger partial charge < -0.3 is 10.6 Å². The van der Waals surface area contributed by atoms with Gasteiger partial charge in [0.1, 0.15) is 5.82 Å². The van der Waals surface area contributed by atoms with E-state index in [9.17, 15) is 9.59 Å². The molecule has 1 aliphatic rings. The molecule has 0 unspecified atom stereocenters. The van der Waals surface area contributed by atoms with Crippen molar-refractivity contribution in [2.75, 3.05) is 18.0 Å². The Morgan fingerprint density at radius 2 is 1.94 bits per heavy atom. The third-order valence-corrected chi connectivity index (χ3v) is 6.83. The molecule has 5 rings (SSSR count). The summed E-state index contributed by atoms with van der Waals surface area (Å²) in [6.07, 6.45) is 1.88. The Morgan fingerprint density at radius 3 is 2.69 bits per heavy atom. The molecule has 1 saturated heterocycles. The Kier molecular flexibility index (Phi) is 6.10. The molecular weight excluding hydrogens is 456 g/mol. The normalized spacial score (nSPS) is 15.9. The van der Waals surface area contributed by atoms with Crippen LogP contribution in [0.4, 0.5) is 5.95 Å². The number of imidazole rings is 1. The monoisotopic (exact) mass is 486 g/mol. The minimum Gasteiger partial charge on any atom is -0.341 e. The van der Waals surface area contributed by atoms with Crippen molar-refractivity contribution in [2.45, 2.75) is 52.7 Å². The molecule has 10 heteroatoms. The maximum Gasteiger partial charge on any atom is 0.332 e. The molecule has 10 nitrogen and oxygen atoms in total. The first-order valence-electron chi connectivity index (χ1n) is 12.1. The third-order valence-electron chi connectivity index (χ3n) is 6.83. The summed E-state index contributed by atoms with van der Waals surface area (Å²) in [7, 11) is 1.63. The van der Waals surface area contributed by atoms with Gasteiger partial charge in [-0.2, -0.15) is 4.98 Å². The molecule has 0 aliphatic carbocycles. The molecule has 186 valence electrons. The smallest absolute Gasteiger partial charge is 0.332 e. The highest BCUT2D eigenvalue weighted by atomic mass is 16.2. The van der Waals surface area contributed by atoms with Gasteiger partial charge in [-0.15, -0.1) is 5.92 Å². The van der Waals surface area contributed by atoms with E-state index in [4.69, 9.17) is 10.7 Å². The van der Waals surface area contributed by atoms with Crippen LogP contribution in [0.25, 0.3) is 22.1 Å². The van der Waals surface area contributed by atoms with Crippen LogP contribution in [0.5, 0.6) is 0 Å². The predicted molar refractivity (Wildman–Crippen MR) is 140 cm³/mol. The van der Waals surface area contributed by atoms with E-state index in [1.807, 2.05) is 32.0 Å². The summed E-state index contributed by atoms with van der Waals surface area (Å²) in [6, 6.07) is 5.90. The Bertz CT molecular complexity index is 1670. The van der Waals surface area contributed by atoms with Gasteiger partial charge in [0.15, 0.2) is 11.2 Å². The molecule has 3 aromatic heterocycles. The molecule has 0 bridgehead atoms. The standard InChI is InChI=1S/C26H30N8O2/c1-5-6-13-33-22-23(30-25(33)32-12-8-10-18(27)14-32)31(4)26(36)34(24(22)35)15-20-28-17(3)21-16(2)9-7-11-19(21)29-20/h7,9,11,18H,8,10,12-15,27H2,1-4H3/t18-/m1/s1. The van der Waals surface area contributed by atoms with Crippen LogP contribution >= 0.6 is 0 Å². The van der Waals surface area contributed by atoms with Crippen molar-refractivity contribution in [3.05, 3.63) is 56.1 Å². The number of benzene rings is 1. The molecule has 0 spiro atoms. The molecule has 36 heavy (non-hydrogen) atoms. The number of aryl methyl sites for hydroxylation is 3. The Labute approximate surface area is 208 Å². The molecule has 2 N–H and O–H groups in total. The summed E-state index contributed by atoms with van der Waals surface area (Å²) in [6.45, 7) is 7.34. The molecule has 1 fully saturated rings. The summed E-state index contributed by atoms with van der Waals surface area (Å²) in [5.74, 6) is 6.97. The minimum atomic E-state index is -0.466. The highest BCUT2D eigenvalue weighted by Gasteiger charge is 2.26. The second kappa shape index (κ2) is 9.24. The third kappa shape index (κ3) is 3.95. The zero-order valence-corrected chi connectivity index (χ0v) is 21.1. The second-order valence-corrected chi connectivity index (χ2v) is 9.37. The fraction of sp³-hybridized carbons (Fsp3) is 0.423. The zero-order chi connectivity index (χ0) is 25.6. The Hall–Kier alpha value is -3.97. The van der Waals surface area contributed by atoms with E-state index in [-0.39, 0.29) is 19.1 Å². The van der Waals surface area contributed by atoms with Gasteiger partial charge in [-0.25, -0.2) is 14.8 Å². The highest BCUT2D eigenvalue weighted by Crippen LogP contribution is 2.23. The van der Waals surface area contributed by atoms with Gasteiger partial charge in [0.05, 0.1) is 18.6 Å². The van der Waals surface area contributed by atoms with Crippen LogP contribution in [-0.2, 0) is 20.1 Å². The number of nitrogens with zero attached hydrogens (tertiary/aromatic N) is 7. The zero-order valence-electron chi connectivity index (χ0n) is 21.1. The van der Waals surface area contributed by atoms with Crippen LogP contribution < -0.4 is 21.9 Å². The van der Waals surface area contributed by atoms with Gasteiger partial charge >= 0.3 is 5.69 Å². The first kappa shape index (κ1) is 23.8. The fourth-order valence-electron chi connectivity index (χ4n) is 5.08. The lowest BCUT2D eigenvalue weighted by Gasteiger charge is -2.31. The molecule has 4 heterocycles. The molecule has 1 aliphatic heterocycles. The highest BCUT2D eigenvalue weighted by molar-refractivity contribution is 5.84. The second-order valence-electron chi connectivity index (χ2n) is 9.37. The van der Waals surface area contributed by atoms with Crippen molar-refractivity contribution in [1.29, 1.82) is 0 Å². The van der Waals surface area contributed by atoms with Gasteiger partial charge in [-0.1, -0.05) is 18.1 Å².